The van der Waals surface area contributed by atoms with Crippen molar-refractivity contribution in [3.63, 3.8) is 0 Å². The normalized spacial score (nSPS) is 10.7. The summed E-state index contributed by atoms with van der Waals surface area (Å²) in [5.41, 5.74) is 2.54. The van der Waals surface area contributed by atoms with Gasteiger partial charge >= 0.3 is 6.09 Å². The molecule has 0 unspecified atom stereocenters. The molecule has 13 nitrogen and oxygen atoms in total. The SMILES string of the molecule is Cc1cc(-c2cnc(NC(C)C)c(=O)n2CC(=O)NCc2ccc(C(=N)NC(=O)OCc3ccccc3)cc2)cc([N+](=O)[O-])c1. The van der Waals surface area contributed by atoms with E-state index in [1.165, 1.54) is 22.9 Å². The van der Waals surface area contributed by atoms with Crippen LogP contribution in [0, 0.1) is 22.4 Å². The second kappa shape index (κ2) is 14.6. The Balaban J connectivity index is 1.42. The predicted molar refractivity (Wildman–Crippen MR) is 169 cm³/mol. The van der Waals surface area contributed by atoms with Crippen LogP contribution in [0.3, 0.4) is 0 Å². The molecule has 0 fully saturated rings. The van der Waals surface area contributed by atoms with Gasteiger partial charge in [-0.15, -0.1) is 0 Å². The number of amides is 2. The van der Waals surface area contributed by atoms with Gasteiger partial charge in [0.05, 0.1) is 16.8 Å². The Labute approximate surface area is 258 Å². The quantitative estimate of drug-likeness (QED) is 0.0827. The van der Waals surface area contributed by atoms with Gasteiger partial charge in [-0.2, -0.15) is 0 Å². The number of ether oxygens (including phenoxy) is 1. The summed E-state index contributed by atoms with van der Waals surface area (Å²) in [7, 11) is 0. The van der Waals surface area contributed by atoms with E-state index in [1.807, 2.05) is 44.2 Å². The van der Waals surface area contributed by atoms with Gasteiger partial charge in [-0.3, -0.25) is 35.0 Å². The maximum atomic E-state index is 13.4. The first kappa shape index (κ1) is 32.1. The van der Waals surface area contributed by atoms with Crippen LogP contribution >= 0.6 is 0 Å². The smallest absolute Gasteiger partial charge is 0.413 e. The summed E-state index contributed by atoms with van der Waals surface area (Å²) in [4.78, 5) is 53.7. The monoisotopic (exact) mass is 611 g/mol. The van der Waals surface area contributed by atoms with E-state index in [1.54, 1.807) is 37.3 Å². The maximum absolute atomic E-state index is 13.4. The fraction of sp³-hybridized carbons (Fsp3) is 0.219. The predicted octanol–water partition coefficient (Wildman–Crippen LogP) is 4.52. The van der Waals surface area contributed by atoms with Crippen LogP contribution in [0.15, 0.2) is 83.8 Å². The number of carbonyl (C=O) groups excluding carboxylic acids is 2. The van der Waals surface area contributed by atoms with Gasteiger partial charge < -0.3 is 15.4 Å². The van der Waals surface area contributed by atoms with Crippen molar-refractivity contribution in [2.24, 2.45) is 0 Å². The van der Waals surface area contributed by atoms with Crippen molar-refractivity contribution in [2.75, 3.05) is 5.32 Å². The molecule has 0 aliphatic heterocycles. The van der Waals surface area contributed by atoms with Crippen LogP contribution in [0.1, 0.15) is 36.1 Å². The molecule has 45 heavy (non-hydrogen) atoms. The summed E-state index contributed by atoms with van der Waals surface area (Å²) in [5.74, 6) is -0.559. The summed E-state index contributed by atoms with van der Waals surface area (Å²) in [5, 5.41) is 27.8. The van der Waals surface area contributed by atoms with Gasteiger partial charge in [0, 0.05) is 35.8 Å². The van der Waals surface area contributed by atoms with Crippen molar-refractivity contribution < 1.29 is 19.2 Å². The van der Waals surface area contributed by atoms with Crippen LogP contribution < -0.4 is 21.5 Å². The van der Waals surface area contributed by atoms with E-state index in [-0.39, 0.29) is 48.8 Å². The summed E-state index contributed by atoms with van der Waals surface area (Å²) in [6.45, 7) is 5.23. The molecule has 0 saturated carbocycles. The Hall–Kier alpha value is -5.85. The van der Waals surface area contributed by atoms with Gasteiger partial charge in [0.25, 0.3) is 11.2 Å². The third-order valence-corrected chi connectivity index (χ3v) is 6.52. The van der Waals surface area contributed by atoms with Crippen LogP contribution in [0.4, 0.5) is 16.3 Å². The number of non-ortho nitro benzene ring substituents is 1. The number of rotatable bonds is 11. The molecule has 4 rings (SSSR count). The average Bonchev–Trinajstić information content (AvgIpc) is 3.01. The molecule has 1 heterocycles. The molecule has 4 aromatic rings. The van der Waals surface area contributed by atoms with Crippen LogP contribution in [0.5, 0.6) is 0 Å². The number of aryl methyl sites for hydroxylation is 1. The van der Waals surface area contributed by atoms with E-state index in [0.717, 1.165) is 5.56 Å². The molecule has 0 aliphatic carbocycles. The standard InChI is InChI=1S/C32H33N7O6/c1-20(2)36-30-31(41)38(27(17-35-30)25-13-21(3)14-26(15-25)39(43)44)18-28(40)34-16-22-9-11-24(12-10-22)29(33)37-32(42)45-19-23-7-5-4-6-8-23/h4-15,17,20H,16,18-19H2,1-3H3,(H,34,40)(H,35,36)(H2,33,37,42). The highest BCUT2D eigenvalue weighted by molar-refractivity contribution is 6.04. The Morgan fingerprint density at radius 1 is 1.04 bits per heavy atom. The number of aromatic nitrogens is 2. The number of nitrogens with zero attached hydrogens (tertiary/aromatic N) is 3. The Morgan fingerprint density at radius 2 is 1.76 bits per heavy atom. The van der Waals surface area contributed by atoms with Crippen LogP contribution in [-0.2, 0) is 29.2 Å². The highest BCUT2D eigenvalue weighted by Gasteiger charge is 2.18. The number of anilines is 1. The van der Waals surface area contributed by atoms with E-state index in [4.69, 9.17) is 10.1 Å². The van der Waals surface area contributed by atoms with Crippen molar-refractivity contribution in [3.8, 4) is 11.3 Å². The van der Waals surface area contributed by atoms with E-state index in [2.05, 4.69) is 20.9 Å². The minimum Gasteiger partial charge on any atom is -0.444 e. The molecule has 0 aliphatic rings. The van der Waals surface area contributed by atoms with Crippen molar-refractivity contribution >= 4 is 29.3 Å². The number of carbonyl (C=O) groups is 2. The maximum Gasteiger partial charge on any atom is 0.413 e. The lowest BCUT2D eigenvalue weighted by atomic mass is 10.1. The van der Waals surface area contributed by atoms with Gasteiger partial charge in [-0.05, 0) is 43.5 Å². The number of nitrogens with one attached hydrogen (secondary N) is 4. The lowest BCUT2D eigenvalue weighted by Crippen LogP contribution is -2.35. The van der Waals surface area contributed by atoms with Crippen LogP contribution in [-0.4, -0.2) is 38.4 Å². The minimum atomic E-state index is -0.752. The molecule has 13 heteroatoms. The highest BCUT2D eigenvalue weighted by atomic mass is 16.6. The molecule has 0 bridgehead atoms. The second-order valence-electron chi connectivity index (χ2n) is 10.5. The first-order chi connectivity index (χ1) is 21.5. The summed E-state index contributed by atoms with van der Waals surface area (Å²) < 4.78 is 6.39. The van der Waals surface area contributed by atoms with Gasteiger partial charge in [0.2, 0.25) is 5.91 Å². The Kier molecular flexibility index (Phi) is 10.4. The average molecular weight is 612 g/mol. The van der Waals surface area contributed by atoms with Gasteiger partial charge in [0.1, 0.15) is 19.0 Å². The zero-order chi connectivity index (χ0) is 32.5. The fourth-order valence-corrected chi connectivity index (χ4v) is 4.39. The van der Waals surface area contributed by atoms with Crippen LogP contribution in [0.25, 0.3) is 11.3 Å². The Bertz CT molecular complexity index is 1770. The molecule has 2 amide bonds. The lowest BCUT2D eigenvalue weighted by molar-refractivity contribution is -0.384. The van der Waals surface area contributed by atoms with Crippen molar-refractivity contribution in [1.82, 2.24) is 20.2 Å². The van der Waals surface area contributed by atoms with Gasteiger partial charge in [-0.25, -0.2) is 9.78 Å². The molecule has 1 aromatic heterocycles. The van der Waals surface area contributed by atoms with E-state index >= 15 is 0 Å². The molecule has 232 valence electrons. The number of nitro benzene ring substituents is 1. The molecule has 0 saturated heterocycles. The number of amidine groups is 1. The van der Waals surface area contributed by atoms with Crippen LogP contribution in [0.2, 0.25) is 0 Å². The number of benzene rings is 3. The number of hydrogen-bond acceptors (Lipinski definition) is 9. The summed E-state index contributed by atoms with van der Waals surface area (Å²) >= 11 is 0. The molecule has 0 spiro atoms. The first-order valence-corrected chi connectivity index (χ1v) is 14.0. The summed E-state index contributed by atoms with van der Waals surface area (Å²) in [6.07, 6.45) is 0.662. The zero-order valence-corrected chi connectivity index (χ0v) is 25.0. The third kappa shape index (κ3) is 8.83. The zero-order valence-electron chi connectivity index (χ0n) is 25.0. The van der Waals surface area contributed by atoms with E-state index < -0.39 is 22.5 Å². The molecule has 3 aromatic carbocycles. The fourth-order valence-electron chi connectivity index (χ4n) is 4.39. The number of hydrogen-bond donors (Lipinski definition) is 4. The summed E-state index contributed by atoms with van der Waals surface area (Å²) in [6, 6.07) is 20.2. The molecule has 0 radical (unpaired) electrons. The largest absolute Gasteiger partial charge is 0.444 e. The second-order valence-corrected chi connectivity index (χ2v) is 10.5. The first-order valence-electron chi connectivity index (χ1n) is 14.0. The third-order valence-electron chi connectivity index (χ3n) is 6.52. The van der Waals surface area contributed by atoms with Crippen molar-refractivity contribution in [1.29, 1.82) is 5.41 Å². The number of alkyl carbamates (subject to hydrolysis) is 1. The minimum absolute atomic E-state index is 0.0549. The lowest BCUT2D eigenvalue weighted by Gasteiger charge is -2.16. The van der Waals surface area contributed by atoms with E-state index in [9.17, 15) is 24.5 Å². The highest BCUT2D eigenvalue weighted by Crippen LogP contribution is 2.25. The van der Waals surface area contributed by atoms with Crippen molar-refractivity contribution in [3.05, 3.63) is 122 Å². The van der Waals surface area contributed by atoms with Gasteiger partial charge in [-0.1, -0.05) is 54.6 Å². The molecule has 0 atom stereocenters. The molecular formula is C32H33N7O6. The van der Waals surface area contributed by atoms with Crippen molar-refractivity contribution in [2.45, 2.75) is 46.5 Å². The Morgan fingerprint density at radius 3 is 2.42 bits per heavy atom. The van der Waals surface area contributed by atoms with Gasteiger partial charge in [0.15, 0.2) is 5.82 Å². The molecule has 4 N–H and O–H groups in total. The number of nitro groups is 1. The molecular weight excluding hydrogens is 578 g/mol. The topological polar surface area (TPSA) is 181 Å². The van der Waals surface area contributed by atoms with E-state index in [0.29, 0.717) is 22.3 Å².